The summed E-state index contributed by atoms with van der Waals surface area (Å²) in [4.78, 5) is 23.9. The van der Waals surface area contributed by atoms with Crippen LogP contribution < -0.4 is 11.1 Å². The van der Waals surface area contributed by atoms with Crippen molar-refractivity contribution >= 4 is 23.3 Å². The highest BCUT2D eigenvalue weighted by Gasteiger charge is 2.15. The fraction of sp³-hybridized carbons (Fsp3) is 0.222. The lowest BCUT2D eigenvalue weighted by molar-refractivity contribution is -0.119. The molecule has 2 aromatic rings. The largest absolute Gasteiger partial charge is 0.452 e. The average Bonchev–Trinajstić information content (AvgIpc) is 2.48. The van der Waals surface area contributed by atoms with E-state index in [9.17, 15) is 14.0 Å². The van der Waals surface area contributed by atoms with Crippen molar-refractivity contribution in [3.8, 4) is 0 Å². The lowest BCUT2D eigenvalue weighted by Crippen LogP contribution is -2.22. The zero-order chi connectivity index (χ0) is 17.9. The summed E-state index contributed by atoms with van der Waals surface area (Å²) in [6.07, 6.45) is 0. The molecule has 0 radical (unpaired) electrons. The van der Waals surface area contributed by atoms with Crippen LogP contribution in [0.3, 0.4) is 0 Å². The summed E-state index contributed by atoms with van der Waals surface area (Å²) in [6, 6.07) is 7.25. The molecule has 0 aliphatic carbocycles. The second kappa shape index (κ2) is 7.12. The number of nitrogen functional groups attached to an aromatic ring is 1. The first-order chi connectivity index (χ1) is 11.3. The van der Waals surface area contributed by atoms with E-state index in [0.717, 1.165) is 28.8 Å². The van der Waals surface area contributed by atoms with Crippen LogP contribution in [0, 0.1) is 26.6 Å². The lowest BCUT2D eigenvalue weighted by atomic mass is 10.1. The third kappa shape index (κ3) is 4.10. The number of halogens is 1. The fourth-order valence-electron chi connectivity index (χ4n) is 2.48. The number of ether oxygens (including phenoxy) is 1. The maximum atomic E-state index is 13.0. The van der Waals surface area contributed by atoms with Gasteiger partial charge >= 0.3 is 5.97 Å². The van der Waals surface area contributed by atoms with E-state index in [4.69, 9.17) is 10.5 Å². The second-order valence-electron chi connectivity index (χ2n) is 5.63. The summed E-state index contributed by atoms with van der Waals surface area (Å²) in [6.45, 7) is 5.30. The highest BCUT2D eigenvalue weighted by atomic mass is 19.1. The van der Waals surface area contributed by atoms with Crippen molar-refractivity contribution in [2.75, 3.05) is 17.7 Å². The van der Waals surface area contributed by atoms with Gasteiger partial charge in [-0.25, -0.2) is 9.18 Å². The van der Waals surface area contributed by atoms with Crippen molar-refractivity contribution in [2.45, 2.75) is 20.8 Å². The number of carbonyl (C=O) groups is 2. The van der Waals surface area contributed by atoms with Gasteiger partial charge in [0, 0.05) is 11.4 Å². The first kappa shape index (κ1) is 17.5. The summed E-state index contributed by atoms with van der Waals surface area (Å²) in [5.41, 5.74) is 9.20. The van der Waals surface area contributed by atoms with Crippen LogP contribution in [0.2, 0.25) is 0 Å². The van der Waals surface area contributed by atoms with Crippen LogP contribution in [0.4, 0.5) is 15.8 Å². The Morgan fingerprint density at radius 2 is 1.75 bits per heavy atom. The molecule has 0 atom stereocenters. The van der Waals surface area contributed by atoms with Crippen molar-refractivity contribution in [3.63, 3.8) is 0 Å². The molecule has 0 bridgehead atoms. The maximum Gasteiger partial charge on any atom is 0.340 e. The van der Waals surface area contributed by atoms with E-state index in [2.05, 4.69) is 5.32 Å². The van der Waals surface area contributed by atoms with Crippen molar-refractivity contribution in [3.05, 3.63) is 58.4 Å². The molecular weight excluding hydrogens is 311 g/mol. The van der Waals surface area contributed by atoms with Crippen LogP contribution in [-0.4, -0.2) is 18.5 Å². The normalized spacial score (nSPS) is 10.3. The maximum absolute atomic E-state index is 13.0. The summed E-state index contributed by atoms with van der Waals surface area (Å²) < 4.78 is 17.9. The van der Waals surface area contributed by atoms with Crippen molar-refractivity contribution in [1.29, 1.82) is 0 Å². The van der Waals surface area contributed by atoms with E-state index in [1.165, 1.54) is 6.07 Å². The molecule has 24 heavy (non-hydrogen) atoms. The minimum atomic E-state index is -0.778. The van der Waals surface area contributed by atoms with Gasteiger partial charge in [-0.05, 0) is 50.1 Å². The van der Waals surface area contributed by atoms with Gasteiger partial charge in [0.15, 0.2) is 6.61 Å². The average molecular weight is 330 g/mol. The van der Waals surface area contributed by atoms with Gasteiger partial charge in [-0.2, -0.15) is 0 Å². The molecule has 0 aromatic heterocycles. The predicted molar refractivity (Wildman–Crippen MR) is 90.4 cm³/mol. The Hall–Kier alpha value is -2.89. The molecule has 2 aromatic carbocycles. The van der Waals surface area contributed by atoms with Gasteiger partial charge < -0.3 is 15.8 Å². The molecule has 0 spiro atoms. The van der Waals surface area contributed by atoms with E-state index in [1.54, 1.807) is 0 Å². The Morgan fingerprint density at radius 1 is 1.12 bits per heavy atom. The molecule has 1 amide bonds. The first-order valence-corrected chi connectivity index (χ1v) is 7.37. The van der Waals surface area contributed by atoms with Gasteiger partial charge in [0.2, 0.25) is 0 Å². The zero-order valence-electron chi connectivity index (χ0n) is 13.8. The molecule has 0 saturated carbocycles. The van der Waals surface area contributed by atoms with Gasteiger partial charge in [-0.3, -0.25) is 4.79 Å². The predicted octanol–water partition coefficient (Wildman–Crippen LogP) is 3.13. The number of anilines is 2. The number of rotatable bonds is 4. The number of nitrogens with two attached hydrogens (primary N) is 1. The number of aryl methyl sites for hydroxylation is 3. The first-order valence-electron chi connectivity index (χ1n) is 7.37. The third-order valence-electron chi connectivity index (χ3n) is 3.51. The molecule has 0 aliphatic rings. The minimum absolute atomic E-state index is 0.0203. The van der Waals surface area contributed by atoms with E-state index in [1.807, 2.05) is 32.9 Å². The van der Waals surface area contributed by atoms with E-state index in [-0.39, 0.29) is 11.3 Å². The molecule has 5 nitrogen and oxygen atoms in total. The monoisotopic (exact) mass is 330 g/mol. The molecule has 6 heteroatoms. The van der Waals surface area contributed by atoms with Crippen molar-refractivity contribution in [1.82, 2.24) is 0 Å². The van der Waals surface area contributed by atoms with Crippen LogP contribution in [0.1, 0.15) is 27.0 Å². The van der Waals surface area contributed by atoms with Crippen LogP contribution in [0.5, 0.6) is 0 Å². The number of amides is 1. The number of nitrogens with one attached hydrogen (secondary N) is 1. The molecule has 126 valence electrons. The van der Waals surface area contributed by atoms with E-state index in [0.29, 0.717) is 5.69 Å². The summed E-state index contributed by atoms with van der Waals surface area (Å²) >= 11 is 0. The Balaban J connectivity index is 2.00. The lowest BCUT2D eigenvalue weighted by Gasteiger charge is -2.13. The standard InChI is InChI=1S/C18H19FN2O3/c1-10-6-11(2)17(12(3)7-10)21-16(22)9-24-18(23)14-5-4-13(19)8-15(14)20/h4-8H,9,20H2,1-3H3,(H,21,22). The summed E-state index contributed by atoms with van der Waals surface area (Å²) in [5.74, 6) is -1.79. The highest BCUT2D eigenvalue weighted by Crippen LogP contribution is 2.22. The van der Waals surface area contributed by atoms with Gasteiger partial charge in [0.25, 0.3) is 5.91 Å². The Labute approximate surface area is 139 Å². The van der Waals surface area contributed by atoms with E-state index < -0.39 is 24.3 Å². The summed E-state index contributed by atoms with van der Waals surface area (Å²) in [5, 5.41) is 2.73. The quantitative estimate of drug-likeness (QED) is 0.666. The van der Waals surface area contributed by atoms with Crippen molar-refractivity contribution < 1.29 is 18.7 Å². The van der Waals surface area contributed by atoms with Crippen LogP contribution in [0.15, 0.2) is 30.3 Å². The molecular formula is C18H19FN2O3. The smallest absolute Gasteiger partial charge is 0.340 e. The Bertz CT molecular complexity index is 780. The molecule has 0 saturated heterocycles. The molecule has 0 aliphatic heterocycles. The molecule has 3 N–H and O–H groups in total. The highest BCUT2D eigenvalue weighted by molar-refractivity contribution is 5.98. The molecule has 0 fully saturated rings. The molecule has 2 rings (SSSR count). The molecule has 0 unspecified atom stereocenters. The molecule has 0 heterocycles. The van der Waals surface area contributed by atoms with Gasteiger partial charge in [-0.1, -0.05) is 17.7 Å². The summed E-state index contributed by atoms with van der Waals surface area (Å²) in [7, 11) is 0. The van der Waals surface area contributed by atoms with Crippen molar-refractivity contribution in [2.24, 2.45) is 0 Å². The third-order valence-corrected chi connectivity index (χ3v) is 3.51. The number of benzene rings is 2. The van der Waals surface area contributed by atoms with Crippen LogP contribution in [0.25, 0.3) is 0 Å². The number of carbonyl (C=O) groups excluding carboxylic acids is 2. The Morgan fingerprint density at radius 3 is 2.33 bits per heavy atom. The number of esters is 1. The minimum Gasteiger partial charge on any atom is -0.452 e. The number of hydrogen-bond acceptors (Lipinski definition) is 4. The fourth-order valence-corrected chi connectivity index (χ4v) is 2.48. The Kier molecular flexibility index (Phi) is 5.18. The second-order valence-corrected chi connectivity index (χ2v) is 5.63. The SMILES string of the molecule is Cc1cc(C)c(NC(=O)COC(=O)c2ccc(F)cc2N)c(C)c1. The van der Waals surface area contributed by atoms with Crippen LogP contribution >= 0.6 is 0 Å². The van der Waals surface area contributed by atoms with Crippen LogP contribution in [-0.2, 0) is 9.53 Å². The van der Waals surface area contributed by atoms with Gasteiger partial charge in [-0.15, -0.1) is 0 Å². The topological polar surface area (TPSA) is 81.4 Å². The number of hydrogen-bond donors (Lipinski definition) is 2. The van der Waals surface area contributed by atoms with E-state index >= 15 is 0 Å². The van der Waals surface area contributed by atoms with Gasteiger partial charge in [0.1, 0.15) is 5.82 Å². The zero-order valence-corrected chi connectivity index (χ0v) is 13.8. The van der Waals surface area contributed by atoms with Gasteiger partial charge in [0.05, 0.1) is 5.56 Å².